The highest BCUT2D eigenvalue weighted by atomic mass is 16.1. The van der Waals surface area contributed by atoms with E-state index >= 15 is 0 Å². The van der Waals surface area contributed by atoms with Crippen molar-refractivity contribution < 1.29 is 4.79 Å². The van der Waals surface area contributed by atoms with E-state index in [0.717, 1.165) is 22.1 Å². The molecule has 0 N–H and O–H groups in total. The number of carbonyl (C=O) groups is 1. The summed E-state index contributed by atoms with van der Waals surface area (Å²) in [7, 11) is 0. The second-order valence-electron chi connectivity index (χ2n) is 8.42. The zero-order valence-electron chi connectivity index (χ0n) is 15.6. The fourth-order valence-corrected chi connectivity index (χ4v) is 3.92. The maximum absolute atomic E-state index is 13.3. The third-order valence-electron chi connectivity index (χ3n) is 5.36. The molecule has 0 aromatic heterocycles. The minimum absolute atomic E-state index is 0.0308. The lowest BCUT2D eigenvalue weighted by molar-refractivity contribution is 0.104. The molecule has 0 amide bonds. The molecule has 0 heterocycles. The van der Waals surface area contributed by atoms with Gasteiger partial charge in [0.25, 0.3) is 0 Å². The topological polar surface area (TPSA) is 17.1 Å². The van der Waals surface area contributed by atoms with Crippen molar-refractivity contribution in [3.8, 4) is 11.1 Å². The molecule has 0 saturated carbocycles. The highest BCUT2D eigenvalue weighted by molar-refractivity contribution is 6.26. The third kappa shape index (κ3) is 2.33. The van der Waals surface area contributed by atoms with Crippen molar-refractivity contribution in [2.75, 3.05) is 0 Å². The van der Waals surface area contributed by atoms with Gasteiger partial charge in [0.15, 0.2) is 5.78 Å². The zero-order valence-corrected chi connectivity index (χ0v) is 15.6. The first kappa shape index (κ1) is 16.1. The van der Waals surface area contributed by atoms with Gasteiger partial charge >= 0.3 is 0 Å². The molecule has 0 radical (unpaired) electrons. The fourth-order valence-electron chi connectivity index (χ4n) is 3.92. The van der Waals surface area contributed by atoms with Crippen molar-refractivity contribution in [2.24, 2.45) is 0 Å². The first-order valence-corrected chi connectivity index (χ1v) is 9.04. The van der Waals surface area contributed by atoms with Crippen LogP contribution in [-0.4, -0.2) is 5.78 Å². The molecule has 3 aromatic carbocycles. The van der Waals surface area contributed by atoms with Gasteiger partial charge in [-0.15, -0.1) is 0 Å². The lowest BCUT2D eigenvalue weighted by atomic mass is 9.77. The standard InChI is InChI=1S/C24H24O/c1-14(2)16-11-12-20-22-18(16)7-6-8-19(22)17-10-9-15(24(3,4)5)13-21(17)23(20)25/h6-14H,1-5H3. The van der Waals surface area contributed by atoms with Crippen molar-refractivity contribution in [3.05, 3.63) is 70.8 Å². The summed E-state index contributed by atoms with van der Waals surface area (Å²) in [6, 6.07) is 17.0. The molecule has 1 nitrogen and oxygen atoms in total. The lowest BCUT2D eigenvalue weighted by Crippen LogP contribution is -2.15. The van der Waals surface area contributed by atoms with Crippen molar-refractivity contribution in [3.63, 3.8) is 0 Å². The van der Waals surface area contributed by atoms with Crippen LogP contribution in [0.1, 0.15) is 67.6 Å². The Bertz CT molecular complexity index is 1020. The molecule has 1 aliphatic carbocycles. The largest absolute Gasteiger partial charge is 0.289 e. The number of rotatable bonds is 1. The van der Waals surface area contributed by atoms with Crippen LogP contribution < -0.4 is 0 Å². The summed E-state index contributed by atoms with van der Waals surface area (Å²) in [6.45, 7) is 11.0. The maximum atomic E-state index is 13.3. The van der Waals surface area contributed by atoms with E-state index in [9.17, 15) is 4.79 Å². The second-order valence-corrected chi connectivity index (χ2v) is 8.42. The van der Waals surface area contributed by atoms with Gasteiger partial charge in [-0.1, -0.05) is 77.1 Å². The van der Waals surface area contributed by atoms with Crippen molar-refractivity contribution >= 4 is 16.6 Å². The van der Waals surface area contributed by atoms with Crippen LogP contribution in [0.25, 0.3) is 21.9 Å². The van der Waals surface area contributed by atoms with E-state index in [4.69, 9.17) is 0 Å². The highest BCUT2D eigenvalue weighted by Crippen LogP contribution is 2.42. The predicted octanol–water partition coefficient (Wildman–Crippen LogP) is 6.47. The summed E-state index contributed by atoms with van der Waals surface area (Å²) in [6.07, 6.45) is 0. The summed E-state index contributed by atoms with van der Waals surface area (Å²) >= 11 is 0. The van der Waals surface area contributed by atoms with Gasteiger partial charge in [0.1, 0.15) is 0 Å². The Labute approximate surface area is 149 Å². The number of fused-ring (bicyclic) bond motifs is 2. The molecule has 1 aliphatic rings. The molecule has 0 bridgehead atoms. The molecule has 0 aliphatic heterocycles. The first-order valence-electron chi connectivity index (χ1n) is 9.04. The van der Waals surface area contributed by atoms with Crippen molar-refractivity contribution in [2.45, 2.75) is 46.0 Å². The number of hydrogen-bond donors (Lipinski definition) is 0. The van der Waals surface area contributed by atoms with Crippen LogP contribution >= 0.6 is 0 Å². The summed E-state index contributed by atoms with van der Waals surface area (Å²) in [5.74, 6) is 0.587. The predicted molar refractivity (Wildman–Crippen MR) is 106 cm³/mol. The van der Waals surface area contributed by atoms with Crippen LogP contribution in [-0.2, 0) is 5.41 Å². The number of carbonyl (C=O) groups excluding carboxylic acids is 1. The van der Waals surface area contributed by atoms with Gasteiger partial charge in [0.05, 0.1) is 0 Å². The molecule has 0 saturated heterocycles. The van der Waals surface area contributed by atoms with E-state index in [0.29, 0.717) is 5.92 Å². The van der Waals surface area contributed by atoms with Crippen molar-refractivity contribution in [1.82, 2.24) is 0 Å². The minimum atomic E-state index is 0.0308. The van der Waals surface area contributed by atoms with E-state index in [-0.39, 0.29) is 11.2 Å². The Morgan fingerprint density at radius 2 is 1.52 bits per heavy atom. The quantitative estimate of drug-likeness (QED) is 0.391. The van der Waals surface area contributed by atoms with Crippen LogP contribution in [0.15, 0.2) is 48.5 Å². The second kappa shape index (κ2) is 5.29. The Morgan fingerprint density at radius 3 is 2.20 bits per heavy atom. The molecule has 4 rings (SSSR count). The molecular weight excluding hydrogens is 304 g/mol. The Kier molecular flexibility index (Phi) is 3.40. The van der Waals surface area contributed by atoms with E-state index in [1.54, 1.807) is 0 Å². The summed E-state index contributed by atoms with van der Waals surface area (Å²) in [4.78, 5) is 13.3. The van der Waals surface area contributed by atoms with E-state index in [2.05, 4.69) is 77.1 Å². The van der Waals surface area contributed by atoms with Gasteiger partial charge in [-0.3, -0.25) is 4.79 Å². The van der Waals surface area contributed by atoms with Crippen LogP contribution in [0.5, 0.6) is 0 Å². The smallest absolute Gasteiger partial charge is 0.194 e. The van der Waals surface area contributed by atoms with Gasteiger partial charge in [-0.2, -0.15) is 0 Å². The van der Waals surface area contributed by atoms with Gasteiger partial charge in [-0.25, -0.2) is 0 Å². The first-order chi connectivity index (χ1) is 11.8. The molecule has 3 aromatic rings. The number of hydrogen-bond acceptors (Lipinski definition) is 1. The third-order valence-corrected chi connectivity index (χ3v) is 5.36. The molecule has 25 heavy (non-hydrogen) atoms. The van der Waals surface area contributed by atoms with Gasteiger partial charge < -0.3 is 0 Å². The normalized spacial score (nSPS) is 13.4. The molecule has 0 fully saturated rings. The maximum Gasteiger partial charge on any atom is 0.194 e. The molecule has 0 unspecified atom stereocenters. The van der Waals surface area contributed by atoms with Gasteiger partial charge in [0.2, 0.25) is 0 Å². The Morgan fingerprint density at radius 1 is 0.800 bits per heavy atom. The molecule has 1 heteroatoms. The molecule has 0 atom stereocenters. The number of benzene rings is 3. The monoisotopic (exact) mass is 328 g/mol. The average molecular weight is 328 g/mol. The van der Waals surface area contributed by atoms with Crippen LogP contribution in [0.2, 0.25) is 0 Å². The fraction of sp³-hybridized carbons (Fsp3) is 0.292. The zero-order chi connectivity index (χ0) is 17.9. The number of ketones is 1. The van der Waals surface area contributed by atoms with E-state index in [1.807, 2.05) is 6.07 Å². The lowest BCUT2D eigenvalue weighted by Gasteiger charge is -2.25. The van der Waals surface area contributed by atoms with Gasteiger partial charge in [0, 0.05) is 16.5 Å². The van der Waals surface area contributed by atoms with Crippen LogP contribution in [0.4, 0.5) is 0 Å². The summed E-state index contributed by atoms with van der Waals surface area (Å²) < 4.78 is 0. The van der Waals surface area contributed by atoms with Crippen molar-refractivity contribution in [1.29, 1.82) is 0 Å². The van der Waals surface area contributed by atoms with E-state index in [1.165, 1.54) is 22.1 Å². The Balaban J connectivity index is 2.08. The summed E-state index contributed by atoms with van der Waals surface area (Å²) in [5.41, 5.74) is 6.47. The van der Waals surface area contributed by atoms with Gasteiger partial charge in [-0.05, 0) is 45.0 Å². The molecule has 126 valence electrons. The van der Waals surface area contributed by atoms with E-state index < -0.39 is 0 Å². The Hall–Kier alpha value is -2.41. The highest BCUT2D eigenvalue weighted by Gasteiger charge is 2.27. The van der Waals surface area contributed by atoms with Crippen LogP contribution in [0, 0.1) is 0 Å². The van der Waals surface area contributed by atoms with Crippen LogP contribution in [0.3, 0.4) is 0 Å². The summed E-state index contributed by atoms with van der Waals surface area (Å²) in [5, 5.41) is 2.33. The molecule has 0 spiro atoms. The average Bonchev–Trinajstić information content (AvgIpc) is 2.57. The SMILES string of the molecule is CC(C)c1ccc2c3c(cccc13)-c1ccc(C(C)(C)C)cc1C2=O. The molecular formula is C24H24O. The minimum Gasteiger partial charge on any atom is -0.289 e.